The maximum atomic E-state index is 2.58. The molecule has 1 aliphatic carbocycles. The molecule has 0 saturated heterocycles. The molecular formula is C62H48N2. The summed E-state index contributed by atoms with van der Waals surface area (Å²) in [5, 5.41) is 4.90. The molecule has 1 aliphatic heterocycles. The van der Waals surface area contributed by atoms with Crippen LogP contribution in [0.5, 0.6) is 0 Å². The van der Waals surface area contributed by atoms with Crippen molar-refractivity contribution >= 4 is 55.7 Å². The van der Waals surface area contributed by atoms with E-state index in [4.69, 9.17) is 0 Å². The van der Waals surface area contributed by atoms with Crippen LogP contribution < -0.4 is 9.80 Å². The lowest BCUT2D eigenvalue weighted by molar-refractivity contribution is 0.632. The topological polar surface area (TPSA) is 6.48 Å². The molecule has 12 rings (SSSR count). The lowest BCUT2D eigenvalue weighted by atomic mass is 9.73. The van der Waals surface area contributed by atoms with Crippen molar-refractivity contribution in [1.82, 2.24) is 0 Å². The molecule has 10 aromatic carbocycles. The van der Waals surface area contributed by atoms with Gasteiger partial charge in [-0.15, -0.1) is 0 Å². The highest BCUT2D eigenvalue weighted by Crippen LogP contribution is 2.57. The highest BCUT2D eigenvalue weighted by molar-refractivity contribution is 6.11. The molecule has 0 aromatic heterocycles. The van der Waals surface area contributed by atoms with Crippen molar-refractivity contribution in [3.8, 4) is 33.4 Å². The van der Waals surface area contributed by atoms with Crippen LogP contribution in [0, 0.1) is 0 Å². The fourth-order valence-corrected chi connectivity index (χ4v) is 11.0. The molecule has 0 N–H and O–H groups in total. The van der Waals surface area contributed by atoms with Crippen molar-refractivity contribution < 1.29 is 0 Å². The van der Waals surface area contributed by atoms with Gasteiger partial charge in [0.2, 0.25) is 0 Å². The van der Waals surface area contributed by atoms with Crippen molar-refractivity contribution in [2.75, 3.05) is 9.80 Å². The fourth-order valence-electron chi connectivity index (χ4n) is 11.0. The monoisotopic (exact) mass is 820 g/mol. The van der Waals surface area contributed by atoms with Crippen LogP contribution in [0.15, 0.2) is 218 Å². The molecule has 0 saturated carbocycles. The smallest absolute Gasteiger partial charge is 0.0618 e. The van der Waals surface area contributed by atoms with Gasteiger partial charge in [-0.05, 0) is 109 Å². The average Bonchev–Trinajstić information content (AvgIpc) is 3.57. The van der Waals surface area contributed by atoms with Gasteiger partial charge in [-0.25, -0.2) is 0 Å². The molecule has 0 amide bonds. The number of benzene rings is 10. The highest BCUT2D eigenvalue weighted by Gasteiger charge is 2.39. The molecule has 10 aromatic rings. The Bertz CT molecular complexity index is 3440. The van der Waals surface area contributed by atoms with Gasteiger partial charge >= 0.3 is 0 Å². The van der Waals surface area contributed by atoms with E-state index in [-0.39, 0.29) is 10.8 Å². The van der Waals surface area contributed by atoms with Gasteiger partial charge < -0.3 is 9.80 Å². The Labute approximate surface area is 376 Å². The first-order valence-electron chi connectivity index (χ1n) is 22.5. The maximum Gasteiger partial charge on any atom is 0.0618 e. The van der Waals surface area contributed by atoms with Crippen molar-refractivity contribution in [2.24, 2.45) is 0 Å². The Kier molecular flexibility index (Phi) is 8.58. The van der Waals surface area contributed by atoms with Crippen LogP contribution >= 0.6 is 0 Å². The third-order valence-electron chi connectivity index (χ3n) is 14.2. The number of hydrogen-bond acceptors (Lipinski definition) is 2. The minimum Gasteiger partial charge on any atom is -0.310 e. The standard InChI is InChI=1S/C62H48N2/c1-61(2)54-26-13-12-24-51(54)52-37-34-46(39-57(52)61)63(45-32-29-42(30-33-45)41-17-6-5-7-18-41)47-35-38-56-59(40-47)64(58-28-15-14-27-55(58)62(56,3)4)60-49-23-11-9-20-44(49)31-36-53(60)50-25-16-21-43-19-8-10-22-48(43)50/h5-40H,1-4H3. The van der Waals surface area contributed by atoms with Crippen molar-refractivity contribution in [3.63, 3.8) is 0 Å². The Morgan fingerprint density at radius 2 is 0.859 bits per heavy atom. The van der Waals surface area contributed by atoms with Gasteiger partial charge in [-0.1, -0.05) is 204 Å². The number of hydrogen-bond donors (Lipinski definition) is 0. The Balaban J connectivity index is 1.12. The zero-order chi connectivity index (χ0) is 43.2. The van der Waals surface area contributed by atoms with Crippen LogP contribution in [-0.2, 0) is 10.8 Å². The summed E-state index contributed by atoms with van der Waals surface area (Å²) in [7, 11) is 0. The van der Waals surface area contributed by atoms with Gasteiger partial charge in [-0.3, -0.25) is 0 Å². The van der Waals surface area contributed by atoms with Crippen molar-refractivity contribution in [2.45, 2.75) is 38.5 Å². The first kappa shape index (κ1) is 38.0. The molecule has 2 nitrogen and oxygen atoms in total. The number of anilines is 6. The van der Waals surface area contributed by atoms with Crippen molar-refractivity contribution in [1.29, 1.82) is 0 Å². The summed E-state index contributed by atoms with van der Waals surface area (Å²) in [5.41, 5.74) is 19.3. The number of rotatable bonds is 6. The SMILES string of the molecule is CC1(C)c2ccccc2-c2ccc(N(c3ccc(-c4ccccc4)cc3)c3ccc4c(c3)N(c3c(-c5cccc6ccccc56)ccc5ccccc35)c3ccccc3C4(C)C)cc21. The Morgan fingerprint density at radius 1 is 0.328 bits per heavy atom. The minimum absolute atomic E-state index is 0.141. The van der Waals surface area contributed by atoms with Gasteiger partial charge in [0.1, 0.15) is 0 Å². The molecule has 0 atom stereocenters. The second-order valence-electron chi connectivity index (χ2n) is 18.5. The molecule has 1 heterocycles. The summed E-state index contributed by atoms with van der Waals surface area (Å²) in [6.45, 7) is 9.51. The van der Waals surface area contributed by atoms with Crippen LogP contribution in [0.25, 0.3) is 54.9 Å². The number of fused-ring (bicyclic) bond motifs is 7. The van der Waals surface area contributed by atoms with E-state index >= 15 is 0 Å². The maximum absolute atomic E-state index is 2.58. The van der Waals surface area contributed by atoms with Gasteiger partial charge in [-0.2, -0.15) is 0 Å². The molecule has 306 valence electrons. The summed E-state index contributed by atoms with van der Waals surface area (Å²) >= 11 is 0. The van der Waals surface area contributed by atoms with Crippen LogP contribution in [0.3, 0.4) is 0 Å². The summed E-state index contributed by atoms with van der Waals surface area (Å²) in [5.74, 6) is 0. The third-order valence-corrected chi connectivity index (χ3v) is 14.2. The number of nitrogens with zero attached hydrogens (tertiary/aromatic N) is 2. The summed E-state index contributed by atoms with van der Waals surface area (Å²) in [6, 6.07) is 81.1. The van der Waals surface area contributed by atoms with Crippen LogP contribution in [0.4, 0.5) is 34.1 Å². The molecule has 0 unspecified atom stereocenters. The average molecular weight is 821 g/mol. The second-order valence-corrected chi connectivity index (χ2v) is 18.5. The molecule has 2 heteroatoms. The van der Waals surface area contributed by atoms with E-state index < -0.39 is 0 Å². The first-order chi connectivity index (χ1) is 31.3. The Hall–Kier alpha value is -7.68. The molecule has 0 radical (unpaired) electrons. The quantitative estimate of drug-likeness (QED) is 0.165. The Morgan fingerprint density at radius 3 is 1.67 bits per heavy atom. The fraction of sp³-hybridized carbons (Fsp3) is 0.0968. The lowest BCUT2D eigenvalue weighted by Crippen LogP contribution is -2.31. The van der Waals surface area contributed by atoms with Gasteiger partial charge in [0.25, 0.3) is 0 Å². The predicted molar refractivity (Wildman–Crippen MR) is 271 cm³/mol. The van der Waals surface area contributed by atoms with Crippen molar-refractivity contribution in [3.05, 3.63) is 241 Å². The van der Waals surface area contributed by atoms with Crippen LogP contribution in [0.1, 0.15) is 49.9 Å². The first-order valence-corrected chi connectivity index (χ1v) is 22.5. The number of para-hydroxylation sites is 1. The summed E-state index contributed by atoms with van der Waals surface area (Å²) in [6.07, 6.45) is 0. The van der Waals surface area contributed by atoms with E-state index in [1.807, 2.05) is 0 Å². The van der Waals surface area contributed by atoms with Gasteiger partial charge in [0.05, 0.1) is 17.1 Å². The largest absolute Gasteiger partial charge is 0.310 e. The molecular weight excluding hydrogens is 773 g/mol. The van der Waals surface area contributed by atoms with E-state index in [0.717, 1.165) is 17.1 Å². The summed E-state index contributed by atoms with van der Waals surface area (Å²) in [4.78, 5) is 5.05. The molecule has 0 fully saturated rings. The van der Waals surface area contributed by atoms with E-state index in [9.17, 15) is 0 Å². The van der Waals surface area contributed by atoms with E-state index in [1.165, 1.54) is 94.2 Å². The van der Waals surface area contributed by atoms with E-state index in [1.54, 1.807) is 0 Å². The summed E-state index contributed by atoms with van der Waals surface area (Å²) < 4.78 is 0. The molecule has 0 spiro atoms. The normalized spacial score (nSPS) is 14.2. The minimum atomic E-state index is -0.267. The zero-order valence-electron chi connectivity index (χ0n) is 36.7. The highest BCUT2D eigenvalue weighted by atomic mass is 15.2. The van der Waals surface area contributed by atoms with E-state index in [0.29, 0.717) is 0 Å². The zero-order valence-corrected chi connectivity index (χ0v) is 36.7. The lowest BCUT2D eigenvalue weighted by Gasteiger charge is -2.43. The second kappa shape index (κ2) is 14.4. The predicted octanol–water partition coefficient (Wildman–Crippen LogP) is 17.2. The molecule has 64 heavy (non-hydrogen) atoms. The van der Waals surface area contributed by atoms with Gasteiger partial charge in [0.15, 0.2) is 0 Å². The molecule has 0 bridgehead atoms. The van der Waals surface area contributed by atoms with Crippen LogP contribution in [-0.4, -0.2) is 0 Å². The molecule has 2 aliphatic rings. The van der Waals surface area contributed by atoms with E-state index in [2.05, 4.69) is 256 Å². The third kappa shape index (κ3) is 5.79. The van der Waals surface area contributed by atoms with Gasteiger partial charge in [0, 0.05) is 38.8 Å². The van der Waals surface area contributed by atoms with Crippen LogP contribution in [0.2, 0.25) is 0 Å².